The van der Waals surface area contributed by atoms with Crippen molar-refractivity contribution in [3.05, 3.63) is 53.1 Å². The Morgan fingerprint density at radius 3 is 2.14 bits per heavy atom. The molecule has 0 aliphatic heterocycles. The predicted octanol–water partition coefficient (Wildman–Crippen LogP) is 6.62. The molecule has 2 aromatic rings. The van der Waals surface area contributed by atoms with Gasteiger partial charge in [0.2, 0.25) is 0 Å². The maximum Gasteiger partial charge on any atom is 0.134 e. The minimum atomic E-state index is 0.135. The molecule has 1 nitrogen and oxygen atoms in total. The van der Waals surface area contributed by atoms with Crippen LogP contribution in [0.4, 0.5) is 0 Å². The number of aryl methyl sites for hydroxylation is 1. The van der Waals surface area contributed by atoms with E-state index in [4.69, 9.17) is 11.6 Å². The molecule has 22 heavy (non-hydrogen) atoms. The third-order valence-corrected chi connectivity index (χ3v) is 4.37. The van der Waals surface area contributed by atoms with Crippen molar-refractivity contribution in [1.82, 2.24) is 0 Å². The second kappa shape index (κ2) is 8.85. The van der Waals surface area contributed by atoms with Crippen LogP contribution in [0.1, 0.15) is 51.0 Å². The first-order chi connectivity index (χ1) is 10.7. The molecule has 0 aromatic heterocycles. The molecule has 0 amide bonds. The highest BCUT2D eigenvalue weighted by Gasteiger charge is 2.03. The maximum atomic E-state index is 9.69. The Labute approximate surface area is 139 Å². The molecule has 0 fully saturated rings. The zero-order chi connectivity index (χ0) is 15.8. The minimum Gasteiger partial charge on any atom is -0.506 e. The third-order valence-electron chi connectivity index (χ3n) is 4.05. The van der Waals surface area contributed by atoms with Gasteiger partial charge in [0.25, 0.3) is 0 Å². The summed E-state index contributed by atoms with van der Waals surface area (Å²) in [5.74, 6) is 0.135. The van der Waals surface area contributed by atoms with Crippen molar-refractivity contribution in [2.45, 2.75) is 51.9 Å². The summed E-state index contributed by atoms with van der Waals surface area (Å²) in [7, 11) is 0. The van der Waals surface area contributed by atoms with Crippen molar-refractivity contribution in [2.75, 3.05) is 0 Å². The quantitative estimate of drug-likeness (QED) is 0.543. The van der Waals surface area contributed by atoms with Crippen LogP contribution in [0.2, 0.25) is 5.02 Å². The van der Waals surface area contributed by atoms with Gasteiger partial charge in [0.15, 0.2) is 0 Å². The van der Waals surface area contributed by atoms with Gasteiger partial charge in [-0.1, -0.05) is 81.0 Å². The monoisotopic (exact) mass is 316 g/mol. The van der Waals surface area contributed by atoms with E-state index in [1.807, 2.05) is 6.07 Å². The molecule has 118 valence electrons. The molecule has 0 heterocycles. The lowest BCUT2D eigenvalue weighted by molar-refractivity contribution is 0.476. The van der Waals surface area contributed by atoms with Crippen LogP contribution in [0.5, 0.6) is 5.75 Å². The Morgan fingerprint density at radius 2 is 1.45 bits per heavy atom. The first kappa shape index (κ1) is 16.9. The van der Waals surface area contributed by atoms with Gasteiger partial charge in [0.05, 0.1) is 5.02 Å². The molecule has 0 aliphatic rings. The molecule has 0 saturated carbocycles. The predicted molar refractivity (Wildman–Crippen MR) is 95.6 cm³/mol. The minimum absolute atomic E-state index is 0.135. The molecular weight excluding hydrogens is 292 g/mol. The van der Waals surface area contributed by atoms with Gasteiger partial charge >= 0.3 is 0 Å². The number of hydrogen-bond acceptors (Lipinski definition) is 1. The van der Waals surface area contributed by atoms with Gasteiger partial charge < -0.3 is 5.11 Å². The van der Waals surface area contributed by atoms with Crippen molar-refractivity contribution in [3.8, 4) is 16.9 Å². The van der Waals surface area contributed by atoms with E-state index < -0.39 is 0 Å². The summed E-state index contributed by atoms with van der Waals surface area (Å²) in [6.45, 7) is 2.25. The Bertz CT molecular complexity index is 575. The van der Waals surface area contributed by atoms with Crippen molar-refractivity contribution in [1.29, 1.82) is 0 Å². The topological polar surface area (TPSA) is 20.2 Å². The highest BCUT2D eigenvalue weighted by Crippen LogP contribution is 2.29. The summed E-state index contributed by atoms with van der Waals surface area (Å²) in [4.78, 5) is 0. The second-order valence-corrected chi connectivity index (χ2v) is 6.29. The van der Waals surface area contributed by atoms with Crippen LogP contribution in [-0.2, 0) is 6.42 Å². The summed E-state index contributed by atoms with van der Waals surface area (Å²) in [6.07, 6.45) is 9.14. The third kappa shape index (κ3) is 5.06. The summed E-state index contributed by atoms with van der Waals surface area (Å²) in [5, 5.41) is 10.1. The molecule has 0 spiro atoms. The molecule has 2 heteroatoms. The Hall–Kier alpha value is -1.47. The van der Waals surface area contributed by atoms with Gasteiger partial charge in [-0.15, -0.1) is 0 Å². The van der Waals surface area contributed by atoms with Crippen LogP contribution in [0.25, 0.3) is 11.1 Å². The van der Waals surface area contributed by atoms with Gasteiger partial charge in [0.1, 0.15) is 5.75 Å². The molecule has 0 unspecified atom stereocenters. The smallest absolute Gasteiger partial charge is 0.134 e. The number of hydrogen-bond donors (Lipinski definition) is 1. The standard InChI is InChI=1S/C20H25ClO/c1-2-3-4-5-6-7-8-16-9-11-17(12-10-16)18-13-14-19(21)20(22)15-18/h9-15,22H,2-8H2,1H3. The fraction of sp³-hybridized carbons (Fsp3) is 0.400. The summed E-state index contributed by atoms with van der Waals surface area (Å²) < 4.78 is 0. The van der Waals surface area contributed by atoms with Crippen LogP contribution < -0.4 is 0 Å². The fourth-order valence-corrected chi connectivity index (χ4v) is 2.78. The molecular formula is C20H25ClO. The highest BCUT2D eigenvalue weighted by atomic mass is 35.5. The largest absolute Gasteiger partial charge is 0.506 e. The molecule has 2 aromatic carbocycles. The molecule has 0 aliphatic carbocycles. The lowest BCUT2D eigenvalue weighted by atomic mass is 10.0. The zero-order valence-electron chi connectivity index (χ0n) is 13.3. The van der Waals surface area contributed by atoms with Crippen molar-refractivity contribution in [2.24, 2.45) is 0 Å². The van der Waals surface area contributed by atoms with Gasteiger partial charge in [-0.25, -0.2) is 0 Å². The van der Waals surface area contributed by atoms with Crippen LogP contribution >= 0.6 is 11.6 Å². The molecule has 0 saturated heterocycles. The summed E-state index contributed by atoms with van der Waals surface area (Å²) in [5.41, 5.74) is 3.49. The lowest BCUT2D eigenvalue weighted by Gasteiger charge is -2.06. The SMILES string of the molecule is CCCCCCCCc1ccc(-c2ccc(Cl)c(O)c2)cc1. The molecule has 0 radical (unpaired) electrons. The normalized spacial score (nSPS) is 10.8. The van der Waals surface area contributed by atoms with E-state index in [1.165, 1.54) is 44.1 Å². The maximum absolute atomic E-state index is 9.69. The first-order valence-electron chi connectivity index (χ1n) is 8.28. The Morgan fingerprint density at radius 1 is 0.818 bits per heavy atom. The van der Waals surface area contributed by atoms with Crippen LogP contribution in [0, 0.1) is 0 Å². The number of aromatic hydroxyl groups is 1. The van der Waals surface area contributed by atoms with Crippen LogP contribution in [0.15, 0.2) is 42.5 Å². The molecule has 2 rings (SSSR count). The molecule has 1 N–H and O–H groups in total. The van der Waals surface area contributed by atoms with E-state index in [1.54, 1.807) is 12.1 Å². The molecule has 0 atom stereocenters. The number of rotatable bonds is 8. The van der Waals surface area contributed by atoms with Crippen LogP contribution in [0.3, 0.4) is 0 Å². The van der Waals surface area contributed by atoms with Crippen molar-refractivity contribution in [3.63, 3.8) is 0 Å². The average Bonchev–Trinajstić information content (AvgIpc) is 2.54. The van der Waals surface area contributed by atoms with E-state index in [0.29, 0.717) is 5.02 Å². The number of benzene rings is 2. The van der Waals surface area contributed by atoms with E-state index in [-0.39, 0.29) is 5.75 Å². The van der Waals surface area contributed by atoms with Gasteiger partial charge in [0, 0.05) is 0 Å². The zero-order valence-corrected chi connectivity index (χ0v) is 14.1. The summed E-state index contributed by atoms with van der Waals surface area (Å²) in [6, 6.07) is 14.0. The van der Waals surface area contributed by atoms with Crippen molar-refractivity contribution < 1.29 is 5.11 Å². The Kier molecular flexibility index (Phi) is 6.79. The van der Waals surface area contributed by atoms with Crippen LogP contribution in [-0.4, -0.2) is 5.11 Å². The number of phenols is 1. The number of unbranched alkanes of at least 4 members (excludes halogenated alkanes) is 5. The van der Waals surface area contributed by atoms with Gasteiger partial charge in [-0.05, 0) is 41.7 Å². The second-order valence-electron chi connectivity index (χ2n) is 5.88. The fourth-order valence-electron chi connectivity index (χ4n) is 2.67. The van der Waals surface area contributed by atoms with Gasteiger partial charge in [-0.2, -0.15) is 0 Å². The first-order valence-corrected chi connectivity index (χ1v) is 8.66. The molecule has 0 bridgehead atoms. The number of halogens is 1. The Balaban J connectivity index is 1.86. The lowest BCUT2D eigenvalue weighted by Crippen LogP contribution is -1.87. The summed E-state index contributed by atoms with van der Waals surface area (Å²) >= 11 is 5.85. The van der Waals surface area contributed by atoms with Gasteiger partial charge in [-0.3, -0.25) is 0 Å². The number of phenolic OH excluding ortho intramolecular Hbond substituents is 1. The van der Waals surface area contributed by atoms with E-state index in [0.717, 1.165) is 17.5 Å². The van der Waals surface area contributed by atoms with Crippen molar-refractivity contribution >= 4 is 11.6 Å². The average molecular weight is 317 g/mol. The van der Waals surface area contributed by atoms with E-state index in [9.17, 15) is 5.11 Å². The van der Waals surface area contributed by atoms with E-state index in [2.05, 4.69) is 31.2 Å². The van der Waals surface area contributed by atoms with E-state index >= 15 is 0 Å². The highest BCUT2D eigenvalue weighted by molar-refractivity contribution is 6.32.